The molecule has 26 heavy (non-hydrogen) atoms. The van der Waals surface area contributed by atoms with E-state index in [1.165, 1.54) is 11.3 Å². The molecule has 3 atom stereocenters. The summed E-state index contributed by atoms with van der Waals surface area (Å²) in [5, 5.41) is 3.23. The number of allylic oxidation sites excluding steroid dienone is 2. The van der Waals surface area contributed by atoms with Crippen molar-refractivity contribution >= 4 is 44.4 Å². The van der Waals surface area contributed by atoms with Crippen molar-refractivity contribution < 1.29 is 14.4 Å². The van der Waals surface area contributed by atoms with Crippen molar-refractivity contribution in [3.8, 4) is 0 Å². The van der Waals surface area contributed by atoms with Gasteiger partial charge in [-0.2, -0.15) is 0 Å². The van der Waals surface area contributed by atoms with Crippen LogP contribution < -0.4 is 5.32 Å². The van der Waals surface area contributed by atoms with Crippen LogP contribution in [0, 0.1) is 18.8 Å². The Kier molecular flexibility index (Phi) is 4.11. The van der Waals surface area contributed by atoms with Gasteiger partial charge in [-0.3, -0.25) is 19.3 Å². The van der Waals surface area contributed by atoms with Crippen molar-refractivity contribution in [2.45, 2.75) is 32.7 Å². The highest BCUT2D eigenvalue weighted by atomic mass is 32.1. The van der Waals surface area contributed by atoms with Gasteiger partial charge in [-0.1, -0.05) is 29.6 Å². The molecule has 1 aromatic carbocycles. The molecule has 1 aliphatic heterocycles. The first-order valence-corrected chi connectivity index (χ1v) is 9.47. The summed E-state index contributed by atoms with van der Waals surface area (Å²) in [4.78, 5) is 43.4. The first-order chi connectivity index (χ1) is 12.5. The molecule has 1 fully saturated rings. The maximum atomic E-state index is 12.6. The number of rotatable bonds is 3. The molecular weight excluding hydrogens is 350 g/mol. The molecule has 0 bridgehead atoms. The van der Waals surface area contributed by atoms with Crippen molar-refractivity contribution in [2.75, 3.05) is 5.32 Å². The van der Waals surface area contributed by atoms with Gasteiger partial charge in [0.05, 0.1) is 22.1 Å². The van der Waals surface area contributed by atoms with Crippen LogP contribution in [0.2, 0.25) is 0 Å². The Bertz CT molecular complexity index is 923. The maximum Gasteiger partial charge on any atom is 0.249 e. The molecular formula is C19H19N3O3S. The number of carbonyl (C=O) groups is 3. The zero-order valence-corrected chi connectivity index (χ0v) is 15.4. The lowest BCUT2D eigenvalue weighted by atomic mass is 9.85. The average Bonchev–Trinajstić information content (AvgIpc) is 3.13. The number of aryl methyl sites for hydroxylation is 1. The second kappa shape index (κ2) is 6.32. The fourth-order valence-corrected chi connectivity index (χ4v) is 4.59. The minimum atomic E-state index is -0.852. The Morgan fingerprint density at radius 3 is 2.54 bits per heavy atom. The fraction of sp³-hybridized carbons (Fsp3) is 0.368. The number of amides is 3. The van der Waals surface area contributed by atoms with Crippen LogP contribution in [-0.2, 0) is 14.4 Å². The number of anilines is 1. The summed E-state index contributed by atoms with van der Waals surface area (Å²) in [6.45, 7) is 3.59. The van der Waals surface area contributed by atoms with Gasteiger partial charge in [-0.15, -0.1) is 0 Å². The average molecular weight is 369 g/mol. The lowest BCUT2D eigenvalue weighted by Gasteiger charge is -2.21. The Balaban J connectivity index is 1.52. The number of nitrogens with zero attached hydrogens (tertiary/aromatic N) is 2. The zero-order chi connectivity index (χ0) is 18.4. The van der Waals surface area contributed by atoms with Crippen molar-refractivity contribution in [3.63, 3.8) is 0 Å². The number of thiazole rings is 1. The molecule has 1 N–H and O–H groups in total. The molecule has 3 amide bonds. The fourth-order valence-electron chi connectivity index (χ4n) is 3.62. The Morgan fingerprint density at radius 2 is 1.88 bits per heavy atom. The molecule has 6 nitrogen and oxygen atoms in total. The van der Waals surface area contributed by atoms with Crippen LogP contribution in [0.4, 0.5) is 5.13 Å². The lowest BCUT2D eigenvalue weighted by molar-refractivity contribution is -0.146. The minimum Gasteiger partial charge on any atom is -0.300 e. The number of nitrogens with one attached hydrogen (secondary N) is 1. The van der Waals surface area contributed by atoms with Crippen LogP contribution in [0.1, 0.15) is 25.3 Å². The largest absolute Gasteiger partial charge is 0.300 e. The van der Waals surface area contributed by atoms with E-state index in [2.05, 4.69) is 10.3 Å². The summed E-state index contributed by atoms with van der Waals surface area (Å²) in [5.41, 5.74) is 1.94. The van der Waals surface area contributed by atoms with E-state index >= 15 is 0 Å². The maximum absolute atomic E-state index is 12.6. The smallest absolute Gasteiger partial charge is 0.249 e. The summed E-state index contributed by atoms with van der Waals surface area (Å²) < 4.78 is 0.985. The molecule has 0 radical (unpaired) electrons. The highest BCUT2D eigenvalue weighted by molar-refractivity contribution is 7.22. The van der Waals surface area contributed by atoms with Gasteiger partial charge in [0.1, 0.15) is 6.04 Å². The summed E-state index contributed by atoms with van der Waals surface area (Å²) >= 11 is 1.38. The molecule has 0 unspecified atom stereocenters. The number of aromatic nitrogens is 1. The molecule has 2 aromatic rings. The number of carbonyl (C=O) groups excluding carboxylic acids is 3. The van der Waals surface area contributed by atoms with E-state index in [0.29, 0.717) is 18.0 Å². The summed E-state index contributed by atoms with van der Waals surface area (Å²) in [7, 11) is 0. The van der Waals surface area contributed by atoms with Gasteiger partial charge in [0.2, 0.25) is 17.7 Å². The zero-order valence-electron chi connectivity index (χ0n) is 14.6. The van der Waals surface area contributed by atoms with Crippen LogP contribution >= 0.6 is 11.3 Å². The Hall–Kier alpha value is -2.54. The van der Waals surface area contributed by atoms with Crippen LogP contribution in [0.25, 0.3) is 10.2 Å². The number of likely N-dealkylation sites (tertiary alicyclic amines) is 1. The molecule has 0 spiro atoms. The third kappa shape index (κ3) is 2.72. The molecule has 7 heteroatoms. The van der Waals surface area contributed by atoms with E-state index in [1.54, 1.807) is 6.92 Å². The van der Waals surface area contributed by atoms with Gasteiger partial charge in [-0.25, -0.2) is 4.98 Å². The van der Waals surface area contributed by atoms with E-state index < -0.39 is 11.9 Å². The first kappa shape index (κ1) is 16.9. The summed E-state index contributed by atoms with van der Waals surface area (Å²) in [6.07, 6.45) is 5.00. The molecule has 2 heterocycles. The van der Waals surface area contributed by atoms with Crippen LogP contribution in [0.5, 0.6) is 0 Å². The predicted octanol–water partition coefficient (Wildman–Crippen LogP) is 2.88. The third-order valence-corrected chi connectivity index (χ3v) is 6.02. The van der Waals surface area contributed by atoms with E-state index in [-0.39, 0.29) is 23.7 Å². The van der Waals surface area contributed by atoms with Crippen LogP contribution in [-0.4, -0.2) is 33.6 Å². The van der Waals surface area contributed by atoms with Gasteiger partial charge >= 0.3 is 0 Å². The third-order valence-electron chi connectivity index (χ3n) is 5.08. The van der Waals surface area contributed by atoms with Crippen LogP contribution in [0.15, 0.2) is 30.4 Å². The SMILES string of the molecule is Cc1ccc2nc(NC(=O)[C@H](C)N3C(=O)[C@H]4CC=CC[C@H]4C3=O)sc2c1. The van der Waals surface area contributed by atoms with Crippen molar-refractivity contribution in [1.82, 2.24) is 9.88 Å². The van der Waals surface area contributed by atoms with Gasteiger partial charge in [0, 0.05) is 0 Å². The molecule has 0 saturated carbocycles. The number of hydrogen-bond acceptors (Lipinski definition) is 5. The lowest BCUT2D eigenvalue weighted by Crippen LogP contribution is -2.46. The van der Waals surface area contributed by atoms with Gasteiger partial charge in [0.25, 0.3) is 0 Å². The number of fused-ring (bicyclic) bond motifs is 2. The molecule has 1 aromatic heterocycles. The van der Waals surface area contributed by atoms with Crippen molar-refractivity contribution in [1.29, 1.82) is 0 Å². The topological polar surface area (TPSA) is 79.4 Å². The molecule has 4 rings (SSSR count). The van der Waals surface area contributed by atoms with E-state index in [1.807, 2.05) is 37.3 Å². The second-order valence-corrected chi connectivity index (χ2v) is 7.89. The monoisotopic (exact) mass is 369 g/mol. The van der Waals surface area contributed by atoms with Crippen LogP contribution in [0.3, 0.4) is 0 Å². The quantitative estimate of drug-likeness (QED) is 0.666. The molecule has 134 valence electrons. The second-order valence-electron chi connectivity index (χ2n) is 6.86. The standard InChI is InChI=1S/C19H19N3O3S/c1-10-7-8-14-15(9-10)26-19(20-14)21-16(23)11(2)22-17(24)12-5-3-4-6-13(12)18(22)25/h3-4,7-9,11-13H,5-6H2,1-2H3,(H,20,21,23)/t11-,12-,13+/m0/s1. The minimum absolute atomic E-state index is 0.244. The molecule has 1 saturated heterocycles. The highest BCUT2D eigenvalue weighted by Crippen LogP contribution is 2.36. The predicted molar refractivity (Wildman–Crippen MR) is 99.7 cm³/mol. The van der Waals surface area contributed by atoms with E-state index in [4.69, 9.17) is 0 Å². The van der Waals surface area contributed by atoms with Gasteiger partial charge in [0.15, 0.2) is 5.13 Å². The highest BCUT2D eigenvalue weighted by Gasteiger charge is 2.50. The number of imide groups is 1. The summed E-state index contributed by atoms with van der Waals surface area (Å²) in [6, 6.07) is 5.03. The van der Waals surface area contributed by atoms with E-state index in [9.17, 15) is 14.4 Å². The Morgan fingerprint density at radius 1 is 1.23 bits per heavy atom. The van der Waals surface area contributed by atoms with Crippen molar-refractivity contribution in [3.05, 3.63) is 35.9 Å². The molecule has 1 aliphatic carbocycles. The first-order valence-electron chi connectivity index (χ1n) is 8.65. The summed E-state index contributed by atoms with van der Waals surface area (Å²) in [5.74, 6) is -1.53. The normalized spacial score (nSPS) is 23.4. The number of hydrogen-bond donors (Lipinski definition) is 1. The Labute approximate surface area is 154 Å². The van der Waals surface area contributed by atoms with Crippen molar-refractivity contribution in [2.24, 2.45) is 11.8 Å². The van der Waals surface area contributed by atoms with Gasteiger partial charge in [-0.05, 0) is 44.4 Å². The number of benzene rings is 1. The molecule has 2 aliphatic rings. The van der Waals surface area contributed by atoms with Gasteiger partial charge < -0.3 is 5.32 Å². The van der Waals surface area contributed by atoms with E-state index in [0.717, 1.165) is 20.7 Å².